The van der Waals surface area contributed by atoms with Gasteiger partial charge in [0.25, 0.3) is 0 Å². The van der Waals surface area contributed by atoms with Gasteiger partial charge in [0, 0.05) is 31.7 Å². The number of nitrogens with zero attached hydrogens (tertiary/aromatic N) is 5. The van der Waals surface area contributed by atoms with Crippen molar-refractivity contribution in [2.75, 3.05) is 36.8 Å². The minimum absolute atomic E-state index is 0.0343. The Kier molecular flexibility index (Phi) is 6.62. The molecule has 2 aromatic carbocycles. The third-order valence-electron chi connectivity index (χ3n) is 5.79. The molecule has 5 rings (SSSR count). The molecule has 0 atom stereocenters. The van der Waals surface area contributed by atoms with E-state index in [-0.39, 0.29) is 17.5 Å². The van der Waals surface area contributed by atoms with Gasteiger partial charge in [0.05, 0.1) is 24.2 Å². The second-order valence-electron chi connectivity index (χ2n) is 7.95. The predicted octanol–water partition coefficient (Wildman–Crippen LogP) is 4.17. The van der Waals surface area contributed by atoms with Crippen molar-refractivity contribution in [1.29, 1.82) is 0 Å². The Morgan fingerprint density at radius 2 is 1.71 bits per heavy atom. The van der Waals surface area contributed by atoms with Crippen LogP contribution in [0.1, 0.15) is 5.76 Å². The lowest BCUT2D eigenvalue weighted by atomic mass is 10.2. The van der Waals surface area contributed by atoms with Crippen LogP contribution in [0.3, 0.4) is 0 Å². The first-order chi connectivity index (χ1) is 16.7. The van der Waals surface area contributed by atoms with Crippen LogP contribution >= 0.6 is 11.8 Å². The van der Waals surface area contributed by atoms with Crippen molar-refractivity contribution in [3.8, 4) is 11.4 Å². The number of benzene rings is 2. The summed E-state index contributed by atoms with van der Waals surface area (Å²) in [5.41, 5.74) is 1.53. The number of hydrogen-bond acceptors (Lipinski definition) is 6. The number of para-hydroxylation sites is 1. The summed E-state index contributed by atoms with van der Waals surface area (Å²) in [5.74, 6) is 1.57. The van der Waals surface area contributed by atoms with E-state index >= 15 is 0 Å². The van der Waals surface area contributed by atoms with Gasteiger partial charge in [-0.15, -0.1) is 10.2 Å². The molecule has 1 aliphatic heterocycles. The van der Waals surface area contributed by atoms with Crippen molar-refractivity contribution in [2.24, 2.45) is 0 Å². The molecule has 0 spiro atoms. The summed E-state index contributed by atoms with van der Waals surface area (Å²) in [5, 5.41) is 9.42. The highest BCUT2D eigenvalue weighted by Gasteiger charge is 2.24. The number of furan rings is 1. The van der Waals surface area contributed by atoms with E-state index < -0.39 is 0 Å². The number of anilines is 1. The molecule has 0 bridgehead atoms. The average Bonchev–Trinajstić information content (AvgIpc) is 3.54. The van der Waals surface area contributed by atoms with Crippen LogP contribution in [0.4, 0.5) is 10.1 Å². The number of rotatable bonds is 7. The monoisotopic (exact) mass is 477 g/mol. The quantitative estimate of drug-likeness (QED) is 0.372. The van der Waals surface area contributed by atoms with Gasteiger partial charge in [-0.2, -0.15) is 0 Å². The second-order valence-corrected chi connectivity index (χ2v) is 8.89. The van der Waals surface area contributed by atoms with Crippen LogP contribution in [0.15, 0.2) is 82.6 Å². The summed E-state index contributed by atoms with van der Waals surface area (Å²) < 4.78 is 21.6. The Morgan fingerprint density at radius 3 is 2.44 bits per heavy atom. The highest BCUT2D eigenvalue weighted by atomic mass is 32.2. The molecule has 7 nitrogen and oxygen atoms in total. The Hall–Kier alpha value is -3.59. The first kappa shape index (κ1) is 22.2. The Bertz CT molecular complexity index is 1240. The first-order valence-electron chi connectivity index (χ1n) is 11.1. The Labute approximate surface area is 201 Å². The van der Waals surface area contributed by atoms with Crippen molar-refractivity contribution >= 4 is 23.4 Å². The molecule has 4 aromatic rings. The molecule has 174 valence electrons. The van der Waals surface area contributed by atoms with Gasteiger partial charge in [-0.25, -0.2) is 4.39 Å². The van der Waals surface area contributed by atoms with Gasteiger partial charge in [0.15, 0.2) is 11.0 Å². The average molecular weight is 478 g/mol. The van der Waals surface area contributed by atoms with Crippen LogP contribution in [-0.4, -0.2) is 57.5 Å². The fourth-order valence-electron chi connectivity index (χ4n) is 4.02. The highest BCUT2D eigenvalue weighted by molar-refractivity contribution is 7.99. The van der Waals surface area contributed by atoms with E-state index in [0.717, 1.165) is 17.1 Å². The van der Waals surface area contributed by atoms with E-state index in [0.29, 0.717) is 43.6 Å². The topological polar surface area (TPSA) is 67.4 Å². The van der Waals surface area contributed by atoms with E-state index in [4.69, 9.17) is 4.42 Å². The van der Waals surface area contributed by atoms with Crippen LogP contribution in [0, 0.1) is 5.82 Å². The third-order valence-corrected chi connectivity index (χ3v) is 6.74. The molecule has 0 radical (unpaired) electrons. The molecule has 0 saturated carbocycles. The number of carbonyl (C=O) groups is 1. The molecule has 0 unspecified atom stereocenters. The van der Waals surface area contributed by atoms with Crippen molar-refractivity contribution in [2.45, 2.75) is 11.7 Å². The molecule has 1 fully saturated rings. The molecule has 9 heteroatoms. The molecule has 3 heterocycles. The van der Waals surface area contributed by atoms with Crippen molar-refractivity contribution in [1.82, 2.24) is 19.7 Å². The summed E-state index contributed by atoms with van der Waals surface area (Å²) in [6.45, 7) is 2.79. The summed E-state index contributed by atoms with van der Waals surface area (Å²) in [4.78, 5) is 16.7. The molecule has 34 heavy (non-hydrogen) atoms. The number of carbonyl (C=O) groups excluding carboxylic acids is 1. The van der Waals surface area contributed by atoms with Crippen molar-refractivity contribution in [3.63, 3.8) is 0 Å². The fraction of sp³-hybridized carbons (Fsp3) is 0.240. The van der Waals surface area contributed by atoms with Crippen LogP contribution < -0.4 is 4.90 Å². The van der Waals surface area contributed by atoms with E-state index in [9.17, 15) is 9.18 Å². The molecular formula is C25H24FN5O2S. The van der Waals surface area contributed by atoms with Crippen LogP contribution in [0.25, 0.3) is 11.4 Å². The lowest BCUT2D eigenvalue weighted by Gasteiger charge is -2.36. The summed E-state index contributed by atoms with van der Waals surface area (Å²) in [6.07, 6.45) is 1.64. The smallest absolute Gasteiger partial charge is 0.233 e. The minimum Gasteiger partial charge on any atom is -0.467 e. The lowest BCUT2D eigenvalue weighted by molar-refractivity contribution is -0.128. The highest BCUT2D eigenvalue weighted by Crippen LogP contribution is 2.26. The van der Waals surface area contributed by atoms with E-state index in [2.05, 4.69) is 10.2 Å². The molecule has 1 amide bonds. The zero-order valence-corrected chi connectivity index (χ0v) is 19.3. The van der Waals surface area contributed by atoms with E-state index in [1.807, 2.05) is 62.9 Å². The van der Waals surface area contributed by atoms with Crippen molar-refractivity contribution < 1.29 is 13.6 Å². The minimum atomic E-state index is -0.233. The van der Waals surface area contributed by atoms with Gasteiger partial charge in [-0.1, -0.05) is 54.2 Å². The van der Waals surface area contributed by atoms with E-state index in [1.54, 1.807) is 18.4 Å². The van der Waals surface area contributed by atoms with Gasteiger partial charge in [-0.3, -0.25) is 9.36 Å². The standard InChI is InChI=1S/C25H24FN5O2S/c26-21-10-4-5-11-22(21)29-12-14-30(15-13-29)23(32)18-34-25-28-27-24(19-7-2-1-3-8-19)31(25)17-20-9-6-16-33-20/h1-11,16H,12-15,17-18H2. The maximum atomic E-state index is 14.1. The predicted molar refractivity (Wildman–Crippen MR) is 129 cm³/mol. The maximum absolute atomic E-state index is 14.1. The first-order valence-corrected chi connectivity index (χ1v) is 12.1. The van der Waals surface area contributed by atoms with E-state index in [1.165, 1.54) is 17.8 Å². The molecule has 1 aliphatic rings. The molecule has 0 N–H and O–H groups in total. The Morgan fingerprint density at radius 1 is 0.941 bits per heavy atom. The lowest BCUT2D eigenvalue weighted by Crippen LogP contribution is -2.49. The van der Waals surface area contributed by atoms with Gasteiger partial charge < -0.3 is 14.2 Å². The fourth-order valence-corrected chi connectivity index (χ4v) is 4.86. The Balaban J connectivity index is 1.25. The van der Waals surface area contributed by atoms with Gasteiger partial charge in [-0.05, 0) is 24.3 Å². The third kappa shape index (κ3) is 4.84. The largest absolute Gasteiger partial charge is 0.467 e. The number of aromatic nitrogens is 3. The van der Waals surface area contributed by atoms with Crippen LogP contribution in [0.5, 0.6) is 0 Å². The zero-order valence-electron chi connectivity index (χ0n) is 18.5. The SMILES string of the molecule is O=C(CSc1nnc(-c2ccccc2)n1Cc1ccco1)N1CCN(c2ccccc2F)CC1. The van der Waals surface area contributed by atoms with Crippen molar-refractivity contribution in [3.05, 3.63) is 84.6 Å². The maximum Gasteiger partial charge on any atom is 0.233 e. The van der Waals surface area contributed by atoms with Gasteiger partial charge in [0.1, 0.15) is 11.6 Å². The summed E-state index contributed by atoms with van der Waals surface area (Å²) in [6, 6.07) is 20.3. The zero-order chi connectivity index (χ0) is 23.3. The summed E-state index contributed by atoms with van der Waals surface area (Å²) in [7, 11) is 0. The van der Waals surface area contributed by atoms with Gasteiger partial charge in [0.2, 0.25) is 5.91 Å². The molecule has 2 aromatic heterocycles. The molecule has 1 saturated heterocycles. The molecule has 0 aliphatic carbocycles. The molecular weight excluding hydrogens is 453 g/mol. The number of amides is 1. The normalized spacial score (nSPS) is 13.9. The number of thioether (sulfide) groups is 1. The summed E-state index contributed by atoms with van der Waals surface area (Å²) >= 11 is 1.37. The van der Waals surface area contributed by atoms with Gasteiger partial charge >= 0.3 is 0 Å². The van der Waals surface area contributed by atoms with Crippen LogP contribution in [-0.2, 0) is 11.3 Å². The van der Waals surface area contributed by atoms with Crippen LogP contribution in [0.2, 0.25) is 0 Å². The number of piperazine rings is 1. The number of halogens is 1. The second kappa shape index (κ2) is 10.1. The number of hydrogen-bond donors (Lipinski definition) is 0.